The van der Waals surface area contributed by atoms with Crippen molar-refractivity contribution < 1.29 is 4.79 Å². The van der Waals surface area contributed by atoms with Gasteiger partial charge in [-0.25, -0.2) is 0 Å². The van der Waals surface area contributed by atoms with Crippen LogP contribution in [0.3, 0.4) is 0 Å². The Kier molecular flexibility index (Phi) is 4.32. The molecular weight excluding hydrogens is 250 g/mol. The van der Waals surface area contributed by atoms with E-state index in [1.165, 1.54) is 32.4 Å². The minimum absolute atomic E-state index is 0.186. The molecule has 0 aromatic heterocycles. The highest BCUT2D eigenvalue weighted by Crippen LogP contribution is 2.31. The standard InChI is InChI=1S/C16H29N3O/c1-12-8-13(10-14(17)9-12)16(20)19-7-4-15(11-19)18-5-2-3-6-18/h12-15H,2-11,17H2,1H3. The Labute approximate surface area is 122 Å². The van der Waals surface area contributed by atoms with Crippen molar-refractivity contribution in [1.82, 2.24) is 9.80 Å². The fourth-order valence-electron chi connectivity index (χ4n) is 4.46. The lowest BCUT2D eigenvalue weighted by Crippen LogP contribution is -2.43. The predicted octanol–water partition coefficient (Wildman–Crippen LogP) is 1.45. The van der Waals surface area contributed by atoms with Crippen LogP contribution in [0.2, 0.25) is 0 Å². The number of likely N-dealkylation sites (tertiary alicyclic amines) is 2. The topological polar surface area (TPSA) is 49.6 Å². The largest absolute Gasteiger partial charge is 0.341 e. The van der Waals surface area contributed by atoms with E-state index in [9.17, 15) is 4.79 Å². The van der Waals surface area contributed by atoms with Crippen LogP contribution in [-0.2, 0) is 4.79 Å². The van der Waals surface area contributed by atoms with Crippen molar-refractivity contribution in [3.63, 3.8) is 0 Å². The van der Waals surface area contributed by atoms with Crippen LogP contribution in [0.15, 0.2) is 0 Å². The van der Waals surface area contributed by atoms with Gasteiger partial charge in [0.15, 0.2) is 0 Å². The maximum Gasteiger partial charge on any atom is 0.225 e. The molecule has 1 aliphatic carbocycles. The maximum absolute atomic E-state index is 12.7. The molecule has 1 saturated carbocycles. The molecule has 20 heavy (non-hydrogen) atoms. The molecule has 2 aliphatic heterocycles. The van der Waals surface area contributed by atoms with Gasteiger partial charge in [0.2, 0.25) is 5.91 Å². The van der Waals surface area contributed by atoms with Crippen molar-refractivity contribution in [2.24, 2.45) is 17.6 Å². The average Bonchev–Trinajstić information content (AvgIpc) is 3.07. The van der Waals surface area contributed by atoms with Crippen molar-refractivity contribution in [2.75, 3.05) is 26.2 Å². The summed E-state index contributed by atoms with van der Waals surface area (Å²) in [6, 6.07) is 0.848. The highest BCUT2D eigenvalue weighted by Gasteiger charge is 2.36. The molecular formula is C16H29N3O. The van der Waals surface area contributed by atoms with Gasteiger partial charge in [-0.05, 0) is 57.5 Å². The number of amides is 1. The Morgan fingerprint density at radius 1 is 1.10 bits per heavy atom. The molecule has 0 aromatic rings. The Hall–Kier alpha value is -0.610. The van der Waals surface area contributed by atoms with Gasteiger partial charge in [-0.1, -0.05) is 6.92 Å². The van der Waals surface area contributed by atoms with Crippen LogP contribution in [0.4, 0.5) is 0 Å². The first kappa shape index (κ1) is 14.3. The van der Waals surface area contributed by atoms with Gasteiger partial charge in [0.1, 0.15) is 0 Å². The van der Waals surface area contributed by atoms with Crippen molar-refractivity contribution in [2.45, 2.75) is 57.5 Å². The third-order valence-corrected chi connectivity index (χ3v) is 5.46. The van der Waals surface area contributed by atoms with Crippen molar-refractivity contribution in [3.05, 3.63) is 0 Å². The second kappa shape index (κ2) is 6.02. The van der Waals surface area contributed by atoms with Gasteiger partial charge in [0.25, 0.3) is 0 Å². The van der Waals surface area contributed by atoms with Gasteiger partial charge in [0.05, 0.1) is 0 Å². The second-order valence-corrected chi connectivity index (χ2v) is 7.24. The molecule has 2 heterocycles. The molecule has 4 atom stereocenters. The van der Waals surface area contributed by atoms with Crippen LogP contribution in [0.5, 0.6) is 0 Å². The number of carbonyl (C=O) groups excluding carboxylic acids is 1. The number of nitrogens with zero attached hydrogens (tertiary/aromatic N) is 2. The third kappa shape index (κ3) is 3.01. The summed E-state index contributed by atoms with van der Waals surface area (Å²) in [5.74, 6) is 1.17. The maximum atomic E-state index is 12.7. The first-order valence-electron chi connectivity index (χ1n) is 8.42. The summed E-state index contributed by atoms with van der Waals surface area (Å²) in [7, 11) is 0. The molecule has 3 rings (SSSR count). The summed E-state index contributed by atoms with van der Waals surface area (Å²) in [5, 5.41) is 0. The number of nitrogens with two attached hydrogens (primary N) is 1. The smallest absolute Gasteiger partial charge is 0.225 e. The Morgan fingerprint density at radius 2 is 1.85 bits per heavy atom. The lowest BCUT2D eigenvalue weighted by atomic mass is 9.79. The lowest BCUT2D eigenvalue weighted by molar-refractivity contribution is -0.136. The van der Waals surface area contributed by atoms with E-state index in [4.69, 9.17) is 5.73 Å². The van der Waals surface area contributed by atoms with E-state index < -0.39 is 0 Å². The number of carbonyl (C=O) groups is 1. The van der Waals surface area contributed by atoms with Crippen LogP contribution in [0.1, 0.15) is 45.4 Å². The number of hydrogen-bond acceptors (Lipinski definition) is 3. The van der Waals surface area contributed by atoms with Gasteiger partial charge in [-0.2, -0.15) is 0 Å². The molecule has 114 valence electrons. The summed E-state index contributed by atoms with van der Waals surface area (Å²) in [4.78, 5) is 17.4. The summed E-state index contributed by atoms with van der Waals surface area (Å²) in [5.41, 5.74) is 6.10. The van der Waals surface area contributed by atoms with Crippen LogP contribution >= 0.6 is 0 Å². The molecule has 4 unspecified atom stereocenters. The fraction of sp³-hybridized carbons (Fsp3) is 0.938. The van der Waals surface area contributed by atoms with Gasteiger partial charge in [0, 0.05) is 31.1 Å². The zero-order valence-electron chi connectivity index (χ0n) is 12.8. The molecule has 0 spiro atoms. The van der Waals surface area contributed by atoms with E-state index >= 15 is 0 Å². The van der Waals surface area contributed by atoms with E-state index in [1.54, 1.807) is 0 Å². The quantitative estimate of drug-likeness (QED) is 0.832. The van der Waals surface area contributed by atoms with Crippen LogP contribution < -0.4 is 5.73 Å². The molecule has 0 radical (unpaired) electrons. The van der Waals surface area contributed by atoms with E-state index in [2.05, 4.69) is 16.7 Å². The third-order valence-electron chi connectivity index (χ3n) is 5.46. The SMILES string of the molecule is CC1CC(N)CC(C(=O)N2CCC(N3CCCC3)C2)C1. The molecule has 3 aliphatic rings. The summed E-state index contributed by atoms with van der Waals surface area (Å²) in [6.45, 7) is 6.62. The zero-order valence-corrected chi connectivity index (χ0v) is 12.8. The van der Waals surface area contributed by atoms with Gasteiger partial charge in [-0.15, -0.1) is 0 Å². The normalized spacial score (nSPS) is 39.4. The lowest BCUT2D eigenvalue weighted by Gasteiger charge is -2.33. The Morgan fingerprint density at radius 3 is 2.55 bits per heavy atom. The van der Waals surface area contributed by atoms with E-state index in [-0.39, 0.29) is 12.0 Å². The fourth-order valence-corrected chi connectivity index (χ4v) is 4.46. The van der Waals surface area contributed by atoms with Gasteiger partial charge < -0.3 is 10.6 Å². The predicted molar refractivity (Wildman–Crippen MR) is 80.3 cm³/mol. The summed E-state index contributed by atoms with van der Waals surface area (Å²) in [6.07, 6.45) is 6.85. The van der Waals surface area contributed by atoms with Crippen molar-refractivity contribution in [3.8, 4) is 0 Å². The van der Waals surface area contributed by atoms with Crippen LogP contribution in [0, 0.1) is 11.8 Å². The Bertz CT molecular complexity index is 344. The molecule has 0 bridgehead atoms. The highest BCUT2D eigenvalue weighted by molar-refractivity contribution is 5.79. The van der Waals surface area contributed by atoms with E-state index in [0.29, 0.717) is 17.9 Å². The number of rotatable bonds is 2. The van der Waals surface area contributed by atoms with Gasteiger partial charge >= 0.3 is 0 Å². The van der Waals surface area contributed by atoms with E-state index in [1.807, 2.05) is 0 Å². The molecule has 4 heteroatoms. The van der Waals surface area contributed by atoms with Gasteiger partial charge in [-0.3, -0.25) is 9.69 Å². The summed E-state index contributed by atoms with van der Waals surface area (Å²) >= 11 is 0. The minimum atomic E-state index is 0.186. The molecule has 2 N–H and O–H groups in total. The Balaban J connectivity index is 1.55. The molecule has 1 amide bonds. The second-order valence-electron chi connectivity index (χ2n) is 7.24. The van der Waals surface area contributed by atoms with Crippen LogP contribution in [-0.4, -0.2) is 54.0 Å². The molecule has 4 nitrogen and oxygen atoms in total. The molecule has 3 fully saturated rings. The molecule has 2 saturated heterocycles. The zero-order chi connectivity index (χ0) is 14.1. The number of hydrogen-bond donors (Lipinski definition) is 1. The summed E-state index contributed by atoms with van der Waals surface area (Å²) < 4.78 is 0. The van der Waals surface area contributed by atoms with Crippen molar-refractivity contribution >= 4 is 5.91 Å². The highest BCUT2D eigenvalue weighted by atomic mass is 16.2. The van der Waals surface area contributed by atoms with Crippen molar-refractivity contribution in [1.29, 1.82) is 0 Å². The first-order valence-corrected chi connectivity index (χ1v) is 8.42. The van der Waals surface area contributed by atoms with Crippen LogP contribution in [0.25, 0.3) is 0 Å². The monoisotopic (exact) mass is 279 g/mol. The van der Waals surface area contributed by atoms with E-state index in [0.717, 1.165) is 32.4 Å². The average molecular weight is 279 g/mol. The molecule has 0 aromatic carbocycles. The minimum Gasteiger partial charge on any atom is -0.341 e. The first-order chi connectivity index (χ1) is 9.63.